The van der Waals surface area contributed by atoms with Gasteiger partial charge in [0, 0.05) is 7.05 Å². The number of nitrogens with one attached hydrogen (secondary N) is 1. The lowest BCUT2D eigenvalue weighted by Gasteiger charge is -2.17. The highest BCUT2D eigenvalue weighted by molar-refractivity contribution is 5.86. The molecule has 0 aliphatic heterocycles. The van der Waals surface area contributed by atoms with Crippen LogP contribution in [0.25, 0.3) is 6.08 Å². The molecule has 1 saturated carbocycles. The Kier molecular flexibility index (Phi) is 3.53. The summed E-state index contributed by atoms with van der Waals surface area (Å²) in [6.45, 7) is 2.03. The summed E-state index contributed by atoms with van der Waals surface area (Å²) in [4.78, 5) is 11.7. The second-order valence-electron chi connectivity index (χ2n) is 4.95. The molecule has 0 saturated heterocycles. The third-order valence-electron chi connectivity index (χ3n) is 3.58. The minimum Gasteiger partial charge on any atom is -0.388 e. The maximum atomic E-state index is 11.7. The molecule has 1 aliphatic rings. The molecule has 1 amide bonds. The molecule has 0 heterocycles. The Morgan fingerprint density at radius 2 is 2.00 bits per heavy atom. The summed E-state index contributed by atoms with van der Waals surface area (Å²) < 4.78 is 0. The van der Waals surface area contributed by atoms with Crippen molar-refractivity contribution in [3.8, 4) is 0 Å². The van der Waals surface area contributed by atoms with Crippen molar-refractivity contribution in [1.29, 1.82) is 0 Å². The Balaban J connectivity index is 2.05. The molecule has 0 radical (unpaired) electrons. The molecule has 1 aromatic rings. The predicted octanol–water partition coefficient (Wildman–Crippen LogP) is 1.90. The molecule has 1 fully saturated rings. The van der Waals surface area contributed by atoms with Crippen LogP contribution in [0.3, 0.4) is 0 Å². The molecule has 96 valence electrons. The highest BCUT2D eigenvalue weighted by atomic mass is 16.3. The van der Waals surface area contributed by atoms with Crippen molar-refractivity contribution in [1.82, 2.24) is 5.32 Å². The molecular weight excluding hydrogens is 226 g/mol. The van der Waals surface area contributed by atoms with E-state index in [1.165, 1.54) is 5.56 Å². The van der Waals surface area contributed by atoms with Crippen molar-refractivity contribution >= 4 is 12.0 Å². The van der Waals surface area contributed by atoms with Crippen molar-refractivity contribution in [3.63, 3.8) is 0 Å². The average Bonchev–Trinajstić information content (AvgIpc) is 3.18. The van der Waals surface area contributed by atoms with Gasteiger partial charge in [0.1, 0.15) is 0 Å². The standard InChI is InChI=1S/C15H19NO2/c1-11-3-5-12(6-4-11)7-8-13(17)15(9-10-15)14(18)16-2/h3-8,13,17H,9-10H2,1-2H3,(H,16,18)/b8-7+. The molecule has 3 nitrogen and oxygen atoms in total. The number of benzene rings is 1. The number of rotatable bonds is 4. The van der Waals surface area contributed by atoms with Crippen LogP contribution in [-0.2, 0) is 4.79 Å². The van der Waals surface area contributed by atoms with Gasteiger partial charge >= 0.3 is 0 Å². The van der Waals surface area contributed by atoms with E-state index in [4.69, 9.17) is 0 Å². The number of aliphatic hydroxyl groups excluding tert-OH is 1. The minimum absolute atomic E-state index is 0.0662. The first-order valence-corrected chi connectivity index (χ1v) is 6.23. The van der Waals surface area contributed by atoms with Gasteiger partial charge in [0.15, 0.2) is 0 Å². The Morgan fingerprint density at radius 1 is 1.39 bits per heavy atom. The number of hydrogen-bond acceptors (Lipinski definition) is 2. The fraction of sp³-hybridized carbons (Fsp3) is 0.400. The van der Waals surface area contributed by atoms with Gasteiger partial charge in [-0.25, -0.2) is 0 Å². The summed E-state index contributed by atoms with van der Waals surface area (Å²) >= 11 is 0. The SMILES string of the molecule is CNC(=O)C1(C(O)/C=C/c2ccc(C)cc2)CC1. The number of aliphatic hydroxyl groups is 1. The van der Waals surface area contributed by atoms with Gasteiger partial charge in [0.05, 0.1) is 11.5 Å². The van der Waals surface area contributed by atoms with E-state index in [9.17, 15) is 9.90 Å². The van der Waals surface area contributed by atoms with E-state index in [0.29, 0.717) is 0 Å². The summed E-state index contributed by atoms with van der Waals surface area (Å²) in [6, 6.07) is 8.05. The van der Waals surface area contributed by atoms with E-state index in [0.717, 1.165) is 18.4 Å². The Hall–Kier alpha value is -1.61. The predicted molar refractivity (Wildman–Crippen MR) is 72.0 cm³/mol. The van der Waals surface area contributed by atoms with E-state index >= 15 is 0 Å². The molecule has 0 spiro atoms. The van der Waals surface area contributed by atoms with E-state index < -0.39 is 11.5 Å². The summed E-state index contributed by atoms with van der Waals surface area (Å²) in [7, 11) is 1.61. The first-order chi connectivity index (χ1) is 8.58. The third-order valence-corrected chi connectivity index (χ3v) is 3.58. The molecule has 3 heteroatoms. The molecular formula is C15H19NO2. The zero-order valence-corrected chi connectivity index (χ0v) is 10.8. The van der Waals surface area contributed by atoms with Gasteiger partial charge in [-0.15, -0.1) is 0 Å². The topological polar surface area (TPSA) is 49.3 Å². The van der Waals surface area contributed by atoms with Crippen LogP contribution in [0.2, 0.25) is 0 Å². The van der Waals surface area contributed by atoms with Gasteiger partial charge in [0.25, 0.3) is 0 Å². The van der Waals surface area contributed by atoms with Crippen LogP contribution < -0.4 is 5.32 Å². The maximum absolute atomic E-state index is 11.7. The Bertz CT molecular complexity index is 458. The van der Waals surface area contributed by atoms with E-state index in [1.807, 2.05) is 37.3 Å². The zero-order chi connectivity index (χ0) is 13.2. The molecule has 2 N–H and O–H groups in total. The summed E-state index contributed by atoms with van der Waals surface area (Å²) in [5.74, 6) is -0.0662. The Morgan fingerprint density at radius 3 is 2.50 bits per heavy atom. The van der Waals surface area contributed by atoms with Crippen molar-refractivity contribution < 1.29 is 9.90 Å². The van der Waals surface area contributed by atoms with Gasteiger partial charge in [-0.3, -0.25) is 4.79 Å². The molecule has 1 atom stereocenters. The lowest BCUT2D eigenvalue weighted by molar-refractivity contribution is -0.128. The van der Waals surface area contributed by atoms with Gasteiger partial charge in [-0.2, -0.15) is 0 Å². The maximum Gasteiger partial charge on any atom is 0.228 e. The van der Waals surface area contributed by atoms with E-state index in [-0.39, 0.29) is 5.91 Å². The van der Waals surface area contributed by atoms with Gasteiger partial charge in [-0.05, 0) is 25.3 Å². The van der Waals surface area contributed by atoms with Crippen LogP contribution in [0.1, 0.15) is 24.0 Å². The monoisotopic (exact) mass is 245 g/mol. The molecule has 0 bridgehead atoms. The molecule has 2 rings (SSSR count). The van der Waals surface area contributed by atoms with Crippen molar-refractivity contribution in [2.45, 2.75) is 25.9 Å². The van der Waals surface area contributed by atoms with Crippen LogP contribution >= 0.6 is 0 Å². The fourth-order valence-corrected chi connectivity index (χ4v) is 2.10. The highest BCUT2D eigenvalue weighted by Crippen LogP contribution is 2.49. The number of aryl methyl sites for hydroxylation is 1. The molecule has 18 heavy (non-hydrogen) atoms. The van der Waals surface area contributed by atoms with Crippen molar-refractivity contribution in [2.24, 2.45) is 5.41 Å². The molecule has 1 aliphatic carbocycles. The average molecular weight is 245 g/mol. The van der Waals surface area contributed by atoms with E-state index in [2.05, 4.69) is 5.32 Å². The largest absolute Gasteiger partial charge is 0.388 e. The number of carbonyl (C=O) groups excluding carboxylic acids is 1. The van der Waals surface area contributed by atoms with Crippen LogP contribution in [-0.4, -0.2) is 24.2 Å². The highest BCUT2D eigenvalue weighted by Gasteiger charge is 2.54. The first-order valence-electron chi connectivity index (χ1n) is 6.23. The molecule has 0 aromatic heterocycles. The molecule has 1 unspecified atom stereocenters. The van der Waals surface area contributed by atoms with Crippen LogP contribution in [0.4, 0.5) is 0 Å². The number of hydrogen-bond donors (Lipinski definition) is 2. The summed E-state index contributed by atoms with van der Waals surface area (Å²) in [5.41, 5.74) is 1.65. The summed E-state index contributed by atoms with van der Waals surface area (Å²) in [5, 5.41) is 12.7. The quantitative estimate of drug-likeness (QED) is 0.851. The van der Waals surface area contributed by atoms with Gasteiger partial charge < -0.3 is 10.4 Å². The summed E-state index contributed by atoms with van der Waals surface area (Å²) in [6.07, 6.45) is 4.39. The zero-order valence-electron chi connectivity index (χ0n) is 10.8. The number of carbonyl (C=O) groups is 1. The smallest absolute Gasteiger partial charge is 0.228 e. The minimum atomic E-state index is -0.709. The van der Waals surface area contributed by atoms with Gasteiger partial charge in [0.2, 0.25) is 5.91 Å². The third kappa shape index (κ3) is 2.46. The second kappa shape index (κ2) is 4.94. The molecule has 1 aromatic carbocycles. The lowest BCUT2D eigenvalue weighted by Crippen LogP contribution is -2.36. The normalized spacial score (nSPS) is 18.6. The number of amides is 1. The van der Waals surface area contributed by atoms with Crippen LogP contribution in [0.5, 0.6) is 0 Å². The first kappa shape index (κ1) is 12.8. The van der Waals surface area contributed by atoms with E-state index in [1.54, 1.807) is 13.1 Å². The van der Waals surface area contributed by atoms with Crippen LogP contribution in [0.15, 0.2) is 30.3 Å². The second-order valence-corrected chi connectivity index (χ2v) is 4.95. The lowest BCUT2D eigenvalue weighted by atomic mass is 9.97. The fourth-order valence-electron chi connectivity index (χ4n) is 2.10. The van der Waals surface area contributed by atoms with Crippen molar-refractivity contribution in [3.05, 3.63) is 41.5 Å². The van der Waals surface area contributed by atoms with Crippen LogP contribution in [0, 0.1) is 12.3 Å². The van der Waals surface area contributed by atoms with Crippen molar-refractivity contribution in [2.75, 3.05) is 7.05 Å². The van der Waals surface area contributed by atoms with Gasteiger partial charge in [-0.1, -0.05) is 42.0 Å². The Labute approximate surface area is 108 Å².